The number of amides is 1. The van der Waals surface area contributed by atoms with E-state index in [9.17, 15) is 4.79 Å². The molecule has 3 nitrogen and oxygen atoms in total. The van der Waals surface area contributed by atoms with Crippen LogP contribution in [0.3, 0.4) is 0 Å². The molecule has 0 fully saturated rings. The first-order valence-corrected chi connectivity index (χ1v) is 7.03. The Morgan fingerprint density at radius 1 is 1.21 bits per heavy atom. The highest BCUT2D eigenvalue weighted by Crippen LogP contribution is 2.21. The summed E-state index contributed by atoms with van der Waals surface area (Å²) in [6.45, 7) is 0. The lowest BCUT2D eigenvalue weighted by molar-refractivity contribution is -0.113. The second kappa shape index (κ2) is 6.50. The summed E-state index contributed by atoms with van der Waals surface area (Å²) in [5.41, 5.74) is 7.07. The van der Waals surface area contributed by atoms with Crippen molar-refractivity contribution in [2.75, 3.05) is 16.8 Å². The first-order chi connectivity index (χ1) is 9.13. The van der Waals surface area contributed by atoms with Gasteiger partial charge in [-0.1, -0.05) is 23.7 Å². The third kappa shape index (κ3) is 4.50. The topological polar surface area (TPSA) is 55.1 Å². The van der Waals surface area contributed by atoms with E-state index >= 15 is 0 Å². The van der Waals surface area contributed by atoms with E-state index in [4.69, 9.17) is 17.3 Å². The van der Waals surface area contributed by atoms with Gasteiger partial charge in [-0.05, 0) is 36.4 Å². The summed E-state index contributed by atoms with van der Waals surface area (Å²) in [6.07, 6.45) is 0. The number of nitrogens with two attached hydrogens (primary N) is 1. The van der Waals surface area contributed by atoms with E-state index in [2.05, 4.69) is 5.32 Å². The van der Waals surface area contributed by atoms with Crippen LogP contribution >= 0.6 is 23.4 Å². The van der Waals surface area contributed by atoms with Crippen LogP contribution in [0.5, 0.6) is 0 Å². The van der Waals surface area contributed by atoms with Crippen molar-refractivity contribution in [3.05, 3.63) is 53.6 Å². The Labute approximate surface area is 121 Å². The minimum Gasteiger partial charge on any atom is -0.399 e. The Bertz CT molecular complexity index is 589. The molecular formula is C14H13ClN2OS. The maximum Gasteiger partial charge on any atom is 0.234 e. The maximum absolute atomic E-state index is 11.8. The van der Waals surface area contributed by atoms with Gasteiger partial charge in [0.2, 0.25) is 5.91 Å². The van der Waals surface area contributed by atoms with Crippen LogP contribution in [0.4, 0.5) is 11.4 Å². The minimum atomic E-state index is -0.0744. The van der Waals surface area contributed by atoms with Gasteiger partial charge in [-0.2, -0.15) is 0 Å². The first-order valence-electron chi connectivity index (χ1n) is 5.67. The molecule has 2 aromatic rings. The Morgan fingerprint density at radius 2 is 2.00 bits per heavy atom. The molecule has 0 unspecified atom stereocenters. The van der Waals surface area contributed by atoms with Crippen LogP contribution in [0.15, 0.2) is 53.4 Å². The highest BCUT2D eigenvalue weighted by Gasteiger charge is 2.04. The summed E-state index contributed by atoms with van der Waals surface area (Å²) in [6, 6.07) is 14.5. The minimum absolute atomic E-state index is 0.0744. The molecule has 98 valence electrons. The van der Waals surface area contributed by atoms with Crippen LogP contribution in [0.2, 0.25) is 5.02 Å². The molecule has 0 radical (unpaired) electrons. The first kappa shape index (κ1) is 13.8. The Kier molecular flexibility index (Phi) is 4.71. The zero-order valence-electron chi connectivity index (χ0n) is 10.1. The van der Waals surface area contributed by atoms with E-state index in [0.29, 0.717) is 22.2 Å². The molecule has 0 heterocycles. The summed E-state index contributed by atoms with van der Waals surface area (Å²) in [4.78, 5) is 12.7. The number of benzene rings is 2. The van der Waals surface area contributed by atoms with Crippen molar-refractivity contribution in [1.82, 2.24) is 0 Å². The number of nitrogen functional groups attached to an aromatic ring is 1. The second-order valence-corrected chi connectivity index (χ2v) is 5.40. The van der Waals surface area contributed by atoms with E-state index in [1.165, 1.54) is 11.8 Å². The molecule has 0 bridgehead atoms. The van der Waals surface area contributed by atoms with Crippen molar-refractivity contribution >= 4 is 40.6 Å². The van der Waals surface area contributed by atoms with Crippen LogP contribution in [-0.4, -0.2) is 11.7 Å². The van der Waals surface area contributed by atoms with Crippen molar-refractivity contribution in [3.8, 4) is 0 Å². The lowest BCUT2D eigenvalue weighted by Crippen LogP contribution is -2.13. The zero-order chi connectivity index (χ0) is 13.7. The molecule has 2 aromatic carbocycles. The van der Waals surface area contributed by atoms with Gasteiger partial charge in [0, 0.05) is 21.3 Å². The van der Waals surface area contributed by atoms with Gasteiger partial charge in [0.15, 0.2) is 0 Å². The second-order valence-electron chi connectivity index (χ2n) is 3.92. The van der Waals surface area contributed by atoms with E-state index < -0.39 is 0 Å². The standard InChI is InChI=1S/C14H13ClN2OS/c15-10-3-1-5-12(7-10)17-14(18)9-19-13-6-2-4-11(16)8-13/h1-8H,9,16H2,(H,17,18). The number of carbonyl (C=O) groups excluding carboxylic acids is 1. The zero-order valence-corrected chi connectivity index (χ0v) is 11.7. The largest absolute Gasteiger partial charge is 0.399 e. The lowest BCUT2D eigenvalue weighted by Gasteiger charge is -2.05. The van der Waals surface area contributed by atoms with E-state index in [0.717, 1.165) is 4.90 Å². The smallest absolute Gasteiger partial charge is 0.234 e. The molecule has 2 rings (SSSR count). The molecule has 1 amide bonds. The summed E-state index contributed by atoms with van der Waals surface area (Å²) >= 11 is 7.29. The van der Waals surface area contributed by atoms with Gasteiger partial charge in [0.05, 0.1) is 5.75 Å². The monoisotopic (exact) mass is 292 g/mol. The Morgan fingerprint density at radius 3 is 2.74 bits per heavy atom. The third-order valence-electron chi connectivity index (χ3n) is 2.34. The molecular weight excluding hydrogens is 280 g/mol. The molecule has 0 aliphatic heterocycles. The predicted octanol–water partition coefficient (Wildman–Crippen LogP) is 3.65. The fraction of sp³-hybridized carbons (Fsp3) is 0.0714. The summed E-state index contributed by atoms with van der Waals surface area (Å²) in [7, 11) is 0. The SMILES string of the molecule is Nc1cccc(SCC(=O)Nc2cccc(Cl)c2)c1. The maximum atomic E-state index is 11.8. The van der Waals surface area contributed by atoms with E-state index in [1.807, 2.05) is 24.3 Å². The van der Waals surface area contributed by atoms with Crippen molar-refractivity contribution in [3.63, 3.8) is 0 Å². The third-order valence-corrected chi connectivity index (χ3v) is 3.57. The number of rotatable bonds is 4. The summed E-state index contributed by atoms with van der Waals surface area (Å²) in [5.74, 6) is 0.255. The molecule has 0 aliphatic rings. The molecule has 0 saturated heterocycles. The van der Waals surface area contributed by atoms with Crippen LogP contribution in [0.1, 0.15) is 0 Å². The van der Waals surface area contributed by atoms with Gasteiger partial charge in [-0.3, -0.25) is 4.79 Å². The van der Waals surface area contributed by atoms with Crippen molar-refractivity contribution in [2.24, 2.45) is 0 Å². The Balaban J connectivity index is 1.88. The molecule has 19 heavy (non-hydrogen) atoms. The van der Waals surface area contributed by atoms with Crippen molar-refractivity contribution in [1.29, 1.82) is 0 Å². The summed E-state index contributed by atoms with van der Waals surface area (Å²) in [5, 5.41) is 3.39. The number of nitrogens with one attached hydrogen (secondary N) is 1. The number of anilines is 2. The van der Waals surface area contributed by atoms with Crippen molar-refractivity contribution in [2.45, 2.75) is 4.90 Å². The highest BCUT2D eigenvalue weighted by molar-refractivity contribution is 8.00. The highest BCUT2D eigenvalue weighted by atomic mass is 35.5. The number of hydrogen-bond donors (Lipinski definition) is 2. The quantitative estimate of drug-likeness (QED) is 0.668. The molecule has 0 aliphatic carbocycles. The fourth-order valence-corrected chi connectivity index (χ4v) is 2.47. The Hall–Kier alpha value is -1.65. The van der Waals surface area contributed by atoms with E-state index in [1.54, 1.807) is 24.3 Å². The fourth-order valence-electron chi connectivity index (χ4n) is 1.52. The van der Waals surface area contributed by atoms with Gasteiger partial charge in [0.25, 0.3) is 0 Å². The van der Waals surface area contributed by atoms with Crippen LogP contribution in [0.25, 0.3) is 0 Å². The van der Waals surface area contributed by atoms with Crippen molar-refractivity contribution < 1.29 is 4.79 Å². The van der Waals surface area contributed by atoms with Gasteiger partial charge in [-0.15, -0.1) is 11.8 Å². The number of halogens is 1. The van der Waals surface area contributed by atoms with Gasteiger partial charge < -0.3 is 11.1 Å². The molecule has 0 saturated carbocycles. The average Bonchev–Trinajstić information content (AvgIpc) is 2.36. The van der Waals surface area contributed by atoms with Crippen LogP contribution in [-0.2, 0) is 4.79 Å². The molecule has 0 spiro atoms. The number of hydrogen-bond acceptors (Lipinski definition) is 3. The molecule has 0 aromatic heterocycles. The molecule has 3 N–H and O–H groups in total. The number of carbonyl (C=O) groups is 1. The molecule has 0 atom stereocenters. The van der Waals surface area contributed by atoms with E-state index in [-0.39, 0.29) is 5.91 Å². The van der Waals surface area contributed by atoms with Gasteiger partial charge in [-0.25, -0.2) is 0 Å². The summed E-state index contributed by atoms with van der Waals surface area (Å²) < 4.78 is 0. The van der Waals surface area contributed by atoms with Crippen LogP contribution < -0.4 is 11.1 Å². The number of thioether (sulfide) groups is 1. The normalized spacial score (nSPS) is 10.2. The predicted molar refractivity (Wildman–Crippen MR) is 81.7 cm³/mol. The lowest BCUT2D eigenvalue weighted by atomic mass is 10.3. The van der Waals surface area contributed by atoms with Crippen LogP contribution in [0, 0.1) is 0 Å². The van der Waals surface area contributed by atoms with Gasteiger partial charge >= 0.3 is 0 Å². The molecule has 5 heteroatoms. The van der Waals surface area contributed by atoms with Gasteiger partial charge in [0.1, 0.15) is 0 Å². The average molecular weight is 293 g/mol.